The Bertz CT molecular complexity index is 1220. The topological polar surface area (TPSA) is 95.6 Å². The molecule has 3 aromatic carbocycles. The third-order valence-corrected chi connectivity index (χ3v) is 7.42. The Hall–Kier alpha value is -3.49. The van der Waals surface area contributed by atoms with Crippen LogP contribution in [0.4, 0.5) is 5.69 Å². The van der Waals surface area contributed by atoms with Crippen LogP contribution in [-0.4, -0.2) is 44.2 Å². The van der Waals surface area contributed by atoms with E-state index in [0.717, 1.165) is 24.0 Å². The van der Waals surface area contributed by atoms with Crippen LogP contribution in [0.2, 0.25) is 0 Å². The smallest absolute Gasteiger partial charge is 0.251 e. The summed E-state index contributed by atoms with van der Waals surface area (Å²) in [7, 11) is -3.49. The van der Waals surface area contributed by atoms with Crippen molar-refractivity contribution in [2.45, 2.75) is 17.7 Å². The van der Waals surface area contributed by atoms with Crippen LogP contribution in [0.3, 0.4) is 0 Å². The van der Waals surface area contributed by atoms with Crippen LogP contribution in [-0.2, 0) is 14.8 Å². The van der Waals surface area contributed by atoms with Crippen LogP contribution >= 0.6 is 0 Å². The second-order valence-corrected chi connectivity index (χ2v) is 9.75. The van der Waals surface area contributed by atoms with Crippen LogP contribution in [0, 0.1) is 0 Å². The summed E-state index contributed by atoms with van der Waals surface area (Å²) in [5.74, 6) is -0.753. The first-order valence-electron chi connectivity index (χ1n) is 10.8. The fourth-order valence-corrected chi connectivity index (χ4v) is 5.22. The fraction of sp³-hybridized carbons (Fsp3) is 0.200. The Morgan fingerprint density at radius 3 is 2.03 bits per heavy atom. The molecule has 8 heteroatoms. The molecule has 1 saturated heterocycles. The Kier molecular flexibility index (Phi) is 6.86. The fourth-order valence-electron chi connectivity index (χ4n) is 3.70. The van der Waals surface area contributed by atoms with Crippen molar-refractivity contribution in [2.75, 3.05) is 25.0 Å². The van der Waals surface area contributed by atoms with Crippen LogP contribution in [0.5, 0.6) is 0 Å². The van der Waals surface area contributed by atoms with E-state index in [0.29, 0.717) is 24.3 Å². The maximum absolute atomic E-state index is 12.6. The number of rotatable bonds is 7. The zero-order valence-corrected chi connectivity index (χ0v) is 18.8. The van der Waals surface area contributed by atoms with Gasteiger partial charge in [-0.05, 0) is 60.4 Å². The van der Waals surface area contributed by atoms with E-state index in [2.05, 4.69) is 10.6 Å². The summed E-state index contributed by atoms with van der Waals surface area (Å²) in [4.78, 5) is 24.8. The quantitative estimate of drug-likeness (QED) is 0.561. The van der Waals surface area contributed by atoms with Crippen molar-refractivity contribution in [1.82, 2.24) is 9.62 Å². The maximum atomic E-state index is 12.6. The van der Waals surface area contributed by atoms with Gasteiger partial charge in [-0.15, -0.1) is 0 Å². The molecule has 1 aliphatic heterocycles. The average Bonchev–Trinajstić information content (AvgIpc) is 3.40. The van der Waals surface area contributed by atoms with Crippen molar-refractivity contribution in [2.24, 2.45) is 0 Å². The van der Waals surface area contributed by atoms with E-state index in [1.54, 1.807) is 24.3 Å². The van der Waals surface area contributed by atoms with Gasteiger partial charge in [-0.3, -0.25) is 9.59 Å². The number of sulfonamides is 1. The zero-order chi connectivity index (χ0) is 23.3. The molecule has 0 spiro atoms. The number of benzene rings is 3. The molecule has 0 unspecified atom stereocenters. The van der Waals surface area contributed by atoms with Gasteiger partial charge in [0.05, 0.1) is 11.4 Å². The van der Waals surface area contributed by atoms with Crippen LogP contribution in [0.15, 0.2) is 83.8 Å². The summed E-state index contributed by atoms with van der Waals surface area (Å²) in [6.07, 6.45) is 1.74. The second-order valence-electron chi connectivity index (χ2n) is 7.81. The molecule has 0 aromatic heterocycles. The van der Waals surface area contributed by atoms with Gasteiger partial charge in [-0.25, -0.2) is 8.42 Å². The van der Waals surface area contributed by atoms with E-state index in [1.807, 2.05) is 42.5 Å². The third kappa shape index (κ3) is 5.47. The molecule has 2 N–H and O–H groups in total. The first kappa shape index (κ1) is 22.7. The number of carbonyl (C=O) groups is 2. The van der Waals surface area contributed by atoms with Gasteiger partial charge in [-0.2, -0.15) is 4.31 Å². The minimum Gasteiger partial charge on any atom is -0.343 e. The summed E-state index contributed by atoms with van der Waals surface area (Å²) in [6.45, 7) is 0.873. The number of carbonyl (C=O) groups excluding carboxylic acids is 2. The molecular weight excluding hydrogens is 438 g/mol. The zero-order valence-electron chi connectivity index (χ0n) is 18.0. The van der Waals surface area contributed by atoms with Crippen molar-refractivity contribution in [3.05, 3.63) is 84.4 Å². The van der Waals surface area contributed by atoms with Crippen molar-refractivity contribution in [3.8, 4) is 11.1 Å². The Morgan fingerprint density at radius 1 is 0.788 bits per heavy atom. The van der Waals surface area contributed by atoms with E-state index in [4.69, 9.17) is 0 Å². The third-order valence-electron chi connectivity index (χ3n) is 5.50. The standard InChI is InChI=1S/C25H25N3O4S/c29-24(27-22-12-14-23(15-13-22)33(31,32)28-16-4-5-17-28)18-26-25(30)21-10-8-20(9-11-21)19-6-2-1-3-7-19/h1-3,6-15H,4-5,16-18H2,(H,26,30)(H,27,29). The molecule has 4 rings (SSSR count). The predicted molar refractivity (Wildman–Crippen MR) is 127 cm³/mol. The molecule has 0 saturated carbocycles. The summed E-state index contributed by atoms with van der Waals surface area (Å²) >= 11 is 0. The van der Waals surface area contributed by atoms with Gasteiger partial charge in [0.1, 0.15) is 0 Å². The van der Waals surface area contributed by atoms with Crippen molar-refractivity contribution in [1.29, 1.82) is 0 Å². The van der Waals surface area contributed by atoms with Crippen LogP contribution in [0.25, 0.3) is 11.1 Å². The first-order valence-corrected chi connectivity index (χ1v) is 12.2. The first-order chi connectivity index (χ1) is 15.9. The molecule has 170 valence electrons. The average molecular weight is 464 g/mol. The Labute approximate surface area is 193 Å². The molecule has 1 aliphatic rings. The van der Waals surface area contributed by atoms with Gasteiger partial charge < -0.3 is 10.6 Å². The van der Waals surface area contributed by atoms with Crippen molar-refractivity contribution in [3.63, 3.8) is 0 Å². The van der Waals surface area contributed by atoms with Gasteiger partial charge >= 0.3 is 0 Å². The molecule has 0 bridgehead atoms. The summed E-state index contributed by atoms with van der Waals surface area (Å²) in [5.41, 5.74) is 2.98. The van der Waals surface area contributed by atoms with Crippen LogP contribution < -0.4 is 10.6 Å². The lowest BCUT2D eigenvalue weighted by Crippen LogP contribution is -2.32. The van der Waals surface area contributed by atoms with E-state index in [9.17, 15) is 18.0 Å². The number of hydrogen-bond acceptors (Lipinski definition) is 4. The maximum Gasteiger partial charge on any atom is 0.251 e. The summed E-state index contributed by atoms with van der Waals surface area (Å²) in [5, 5.41) is 5.26. The molecule has 0 atom stereocenters. The van der Waals surface area contributed by atoms with Gasteiger partial charge in [0.2, 0.25) is 15.9 Å². The lowest BCUT2D eigenvalue weighted by atomic mass is 10.0. The van der Waals surface area contributed by atoms with Crippen molar-refractivity contribution < 1.29 is 18.0 Å². The Balaban J connectivity index is 1.29. The second kappa shape index (κ2) is 9.97. The molecule has 1 heterocycles. The highest BCUT2D eigenvalue weighted by Crippen LogP contribution is 2.22. The van der Waals surface area contributed by atoms with E-state index >= 15 is 0 Å². The molecule has 0 aliphatic carbocycles. The lowest BCUT2D eigenvalue weighted by Gasteiger charge is -2.15. The number of anilines is 1. The lowest BCUT2D eigenvalue weighted by molar-refractivity contribution is -0.115. The molecule has 3 aromatic rings. The summed E-state index contributed by atoms with van der Waals surface area (Å²) < 4.78 is 26.6. The van der Waals surface area contributed by atoms with Crippen LogP contribution in [0.1, 0.15) is 23.2 Å². The largest absolute Gasteiger partial charge is 0.343 e. The monoisotopic (exact) mass is 463 g/mol. The van der Waals surface area contributed by atoms with Gasteiger partial charge in [0.15, 0.2) is 0 Å². The number of hydrogen-bond donors (Lipinski definition) is 2. The number of nitrogens with one attached hydrogen (secondary N) is 2. The SMILES string of the molecule is O=C(CNC(=O)c1ccc(-c2ccccc2)cc1)Nc1ccc(S(=O)(=O)N2CCCC2)cc1. The molecule has 33 heavy (non-hydrogen) atoms. The normalized spacial score (nSPS) is 14.1. The molecule has 7 nitrogen and oxygen atoms in total. The van der Waals surface area contributed by atoms with Crippen molar-refractivity contribution >= 4 is 27.5 Å². The van der Waals surface area contributed by atoms with E-state index in [-0.39, 0.29) is 17.3 Å². The highest BCUT2D eigenvalue weighted by atomic mass is 32.2. The van der Waals surface area contributed by atoms with E-state index < -0.39 is 15.9 Å². The van der Waals surface area contributed by atoms with Gasteiger partial charge in [-0.1, -0.05) is 42.5 Å². The predicted octanol–water partition coefficient (Wildman–Crippen LogP) is 3.51. The molecule has 2 amide bonds. The van der Waals surface area contributed by atoms with Gasteiger partial charge in [0, 0.05) is 24.3 Å². The minimum atomic E-state index is -3.49. The highest BCUT2D eigenvalue weighted by Gasteiger charge is 2.26. The minimum absolute atomic E-state index is 0.201. The molecular formula is C25H25N3O4S. The number of nitrogens with zero attached hydrogens (tertiary/aromatic N) is 1. The number of amides is 2. The van der Waals surface area contributed by atoms with E-state index in [1.165, 1.54) is 16.4 Å². The Morgan fingerprint density at radius 2 is 1.39 bits per heavy atom. The van der Waals surface area contributed by atoms with Gasteiger partial charge in [0.25, 0.3) is 5.91 Å². The molecule has 0 radical (unpaired) electrons. The highest BCUT2D eigenvalue weighted by molar-refractivity contribution is 7.89. The summed E-state index contributed by atoms with van der Waals surface area (Å²) in [6, 6.07) is 23.1. The molecule has 1 fully saturated rings.